The van der Waals surface area contributed by atoms with Gasteiger partial charge in [0.25, 0.3) is 11.6 Å². The second kappa shape index (κ2) is 8.86. The average molecular weight is 452 g/mol. The molecule has 0 aliphatic rings. The molecule has 2 heterocycles. The van der Waals surface area contributed by atoms with Gasteiger partial charge in [0.15, 0.2) is 12.4 Å². The zero-order valence-corrected chi connectivity index (χ0v) is 17.0. The monoisotopic (exact) mass is 451 g/mol. The highest BCUT2D eigenvalue weighted by atomic mass is 35.5. The lowest BCUT2D eigenvalue weighted by Gasteiger charge is -2.10. The molecule has 0 fully saturated rings. The van der Waals surface area contributed by atoms with Gasteiger partial charge in [-0.05, 0) is 36.4 Å². The van der Waals surface area contributed by atoms with Gasteiger partial charge in [-0.2, -0.15) is 0 Å². The number of nitrogens with one attached hydrogen (secondary N) is 1. The number of hydrogen-bond acceptors (Lipinski definition) is 7. The van der Waals surface area contributed by atoms with Crippen molar-refractivity contribution in [2.75, 3.05) is 11.9 Å². The van der Waals surface area contributed by atoms with Gasteiger partial charge in [-0.1, -0.05) is 29.8 Å². The molecular weight excluding hydrogens is 438 g/mol. The number of halogens is 1. The van der Waals surface area contributed by atoms with Crippen LogP contribution in [0.1, 0.15) is 10.4 Å². The number of carbonyl (C=O) groups excluding carboxylic acids is 2. The Morgan fingerprint density at radius 1 is 1.12 bits per heavy atom. The number of nitro benzene ring substituents is 1. The Labute approximate surface area is 185 Å². The third kappa shape index (κ3) is 4.42. The molecule has 32 heavy (non-hydrogen) atoms. The van der Waals surface area contributed by atoms with Crippen LogP contribution in [0.25, 0.3) is 22.4 Å². The van der Waals surface area contributed by atoms with Gasteiger partial charge in [0.1, 0.15) is 10.7 Å². The smallest absolute Gasteiger partial charge is 0.339 e. The summed E-state index contributed by atoms with van der Waals surface area (Å²) in [5, 5.41) is 13.9. The van der Waals surface area contributed by atoms with Crippen molar-refractivity contribution >= 4 is 45.8 Å². The van der Waals surface area contributed by atoms with Crippen LogP contribution in [0.2, 0.25) is 5.02 Å². The van der Waals surface area contributed by atoms with Crippen LogP contribution in [0, 0.1) is 10.1 Å². The fourth-order valence-electron chi connectivity index (χ4n) is 3.03. The highest BCUT2D eigenvalue weighted by Crippen LogP contribution is 2.28. The first-order chi connectivity index (χ1) is 15.4. The van der Waals surface area contributed by atoms with Crippen LogP contribution < -0.4 is 5.32 Å². The van der Waals surface area contributed by atoms with Crippen LogP contribution in [0.5, 0.6) is 0 Å². The van der Waals surface area contributed by atoms with E-state index in [1.165, 1.54) is 24.5 Å². The summed E-state index contributed by atoms with van der Waals surface area (Å²) in [4.78, 5) is 39.8. The molecule has 0 bridgehead atoms. The first-order valence-corrected chi connectivity index (χ1v) is 9.65. The number of amides is 1. The number of fused-ring (bicyclic) bond motifs is 1. The molecule has 0 unspecified atom stereocenters. The summed E-state index contributed by atoms with van der Waals surface area (Å²) in [6.07, 6.45) is 1.50. The van der Waals surface area contributed by atoms with Crippen LogP contribution >= 0.6 is 11.6 Å². The van der Waals surface area contributed by atoms with Crippen LogP contribution in [0.15, 0.2) is 71.3 Å². The Balaban J connectivity index is 1.51. The molecule has 4 aromatic rings. The number of benzene rings is 2. The van der Waals surface area contributed by atoms with E-state index in [0.29, 0.717) is 22.4 Å². The number of rotatable bonds is 6. The third-order valence-corrected chi connectivity index (χ3v) is 4.79. The van der Waals surface area contributed by atoms with Gasteiger partial charge in [-0.15, -0.1) is 0 Å². The quantitative estimate of drug-likeness (QED) is 0.252. The fourth-order valence-corrected chi connectivity index (χ4v) is 3.22. The lowest BCUT2D eigenvalue weighted by molar-refractivity contribution is -0.384. The number of pyridine rings is 1. The largest absolute Gasteiger partial charge is 0.463 e. The van der Waals surface area contributed by atoms with E-state index in [4.69, 9.17) is 20.8 Å². The molecule has 9 nitrogen and oxygen atoms in total. The molecule has 2 aromatic heterocycles. The molecule has 0 saturated carbocycles. The molecule has 0 saturated heterocycles. The minimum absolute atomic E-state index is 0.0589. The zero-order valence-electron chi connectivity index (χ0n) is 16.3. The van der Waals surface area contributed by atoms with E-state index in [1.807, 2.05) is 0 Å². The summed E-state index contributed by atoms with van der Waals surface area (Å²) < 4.78 is 10.5. The lowest BCUT2D eigenvalue weighted by Crippen LogP contribution is -2.21. The van der Waals surface area contributed by atoms with Gasteiger partial charge in [0.2, 0.25) is 0 Å². The van der Waals surface area contributed by atoms with Gasteiger partial charge >= 0.3 is 5.97 Å². The van der Waals surface area contributed by atoms with Crippen molar-refractivity contribution in [3.05, 3.63) is 87.6 Å². The van der Waals surface area contributed by atoms with E-state index >= 15 is 0 Å². The Morgan fingerprint density at radius 2 is 1.94 bits per heavy atom. The summed E-state index contributed by atoms with van der Waals surface area (Å²) in [5.41, 5.74) is 1.02. The first-order valence-electron chi connectivity index (χ1n) is 9.27. The van der Waals surface area contributed by atoms with Crippen LogP contribution in [0.4, 0.5) is 11.4 Å². The lowest BCUT2D eigenvalue weighted by atomic mass is 10.1. The normalized spacial score (nSPS) is 10.7. The molecule has 2 aromatic carbocycles. The number of nitro groups is 1. The first kappa shape index (κ1) is 21.0. The molecular formula is C22H14ClN3O6. The van der Waals surface area contributed by atoms with Crippen molar-refractivity contribution in [1.29, 1.82) is 0 Å². The van der Waals surface area contributed by atoms with E-state index in [1.54, 1.807) is 36.4 Å². The zero-order chi connectivity index (χ0) is 22.7. The number of carbonyl (C=O) groups is 2. The summed E-state index contributed by atoms with van der Waals surface area (Å²) in [6.45, 7) is -0.595. The minimum Gasteiger partial charge on any atom is -0.463 e. The van der Waals surface area contributed by atoms with Crippen molar-refractivity contribution in [3.63, 3.8) is 0 Å². The second-order valence-electron chi connectivity index (χ2n) is 6.60. The highest BCUT2D eigenvalue weighted by Gasteiger charge is 2.18. The number of furan rings is 1. The standard InChI is InChI=1S/C22H14ClN3O6/c23-16-8-7-13(10-19(16)26(29)30)24-21(27)12-32-22(28)15-11-18(20-6-3-9-31-20)25-17-5-2-1-4-14(15)17/h1-11H,12H2,(H,24,27). The number of hydrogen-bond donors (Lipinski definition) is 1. The van der Waals surface area contributed by atoms with Gasteiger partial charge < -0.3 is 14.5 Å². The average Bonchev–Trinajstić information content (AvgIpc) is 3.33. The van der Waals surface area contributed by atoms with Gasteiger partial charge in [0.05, 0.1) is 22.3 Å². The molecule has 160 valence electrons. The Morgan fingerprint density at radius 3 is 2.69 bits per heavy atom. The van der Waals surface area contributed by atoms with Crippen molar-refractivity contribution in [3.8, 4) is 11.5 Å². The molecule has 1 amide bonds. The van der Waals surface area contributed by atoms with Crippen molar-refractivity contribution in [1.82, 2.24) is 4.98 Å². The summed E-state index contributed by atoms with van der Waals surface area (Å²) >= 11 is 5.76. The summed E-state index contributed by atoms with van der Waals surface area (Å²) in [6, 6.07) is 15.8. The van der Waals surface area contributed by atoms with Gasteiger partial charge in [0, 0.05) is 17.1 Å². The van der Waals surface area contributed by atoms with E-state index in [9.17, 15) is 19.7 Å². The Bertz CT molecular complexity index is 1340. The number of anilines is 1. The van der Waals surface area contributed by atoms with Crippen molar-refractivity contribution in [2.24, 2.45) is 0 Å². The Hall–Kier alpha value is -4.24. The predicted molar refractivity (Wildman–Crippen MR) is 116 cm³/mol. The molecule has 4 rings (SSSR count). The summed E-state index contributed by atoms with van der Waals surface area (Å²) in [5.74, 6) is -0.917. The van der Waals surface area contributed by atoms with Crippen molar-refractivity contribution in [2.45, 2.75) is 0 Å². The molecule has 0 atom stereocenters. The predicted octanol–water partition coefficient (Wildman–Crippen LogP) is 4.85. The van der Waals surface area contributed by atoms with Gasteiger partial charge in [-0.3, -0.25) is 14.9 Å². The van der Waals surface area contributed by atoms with E-state index in [2.05, 4.69) is 10.3 Å². The van der Waals surface area contributed by atoms with Crippen molar-refractivity contribution < 1.29 is 23.7 Å². The maximum atomic E-state index is 12.8. The minimum atomic E-state index is -0.728. The van der Waals surface area contributed by atoms with E-state index < -0.39 is 23.4 Å². The van der Waals surface area contributed by atoms with E-state index in [-0.39, 0.29) is 22.0 Å². The van der Waals surface area contributed by atoms with Crippen LogP contribution in [-0.4, -0.2) is 28.4 Å². The topological polar surface area (TPSA) is 125 Å². The third-order valence-electron chi connectivity index (χ3n) is 4.47. The Kier molecular flexibility index (Phi) is 5.82. The highest BCUT2D eigenvalue weighted by molar-refractivity contribution is 6.32. The molecule has 0 radical (unpaired) electrons. The molecule has 0 aliphatic heterocycles. The van der Waals surface area contributed by atoms with Crippen LogP contribution in [0.3, 0.4) is 0 Å². The number of para-hydroxylation sites is 1. The SMILES string of the molecule is O=C(COC(=O)c1cc(-c2ccco2)nc2ccccc12)Nc1ccc(Cl)c([N+](=O)[O-])c1. The van der Waals surface area contributed by atoms with E-state index in [0.717, 1.165) is 6.07 Å². The maximum absolute atomic E-state index is 12.8. The molecule has 0 spiro atoms. The number of aromatic nitrogens is 1. The molecule has 1 N–H and O–H groups in total. The number of nitrogens with zero attached hydrogens (tertiary/aromatic N) is 2. The number of esters is 1. The van der Waals surface area contributed by atoms with Gasteiger partial charge in [-0.25, -0.2) is 9.78 Å². The molecule has 0 aliphatic carbocycles. The number of ether oxygens (including phenoxy) is 1. The van der Waals surface area contributed by atoms with Crippen LogP contribution in [-0.2, 0) is 9.53 Å². The maximum Gasteiger partial charge on any atom is 0.339 e. The second-order valence-corrected chi connectivity index (χ2v) is 7.00. The fraction of sp³-hybridized carbons (Fsp3) is 0.0455. The summed E-state index contributed by atoms with van der Waals surface area (Å²) in [7, 11) is 0. The molecule has 10 heteroatoms.